The zero-order chi connectivity index (χ0) is 16.4. The summed E-state index contributed by atoms with van der Waals surface area (Å²) in [4.78, 5) is 34.3. The number of anilines is 1. The Morgan fingerprint density at radius 1 is 1.00 bits per heavy atom. The minimum atomic E-state index is -1.19. The van der Waals surface area contributed by atoms with E-state index in [2.05, 4.69) is 16.0 Å². The van der Waals surface area contributed by atoms with E-state index in [0.29, 0.717) is 26.1 Å². The van der Waals surface area contributed by atoms with Crippen LogP contribution in [0.15, 0.2) is 24.3 Å². The van der Waals surface area contributed by atoms with Crippen molar-refractivity contribution in [1.29, 1.82) is 0 Å². The average Bonchev–Trinajstić information content (AvgIpc) is 2.50. The summed E-state index contributed by atoms with van der Waals surface area (Å²) < 4.78 is 0. The third-order valence-corrected chi connectivity index (χ3v) is 2.72. The summed E-state index contributed by atoms with van der Waals surface area (Å²) in [5.74, 6) is -2.94. The molecule has 22 heavy (non-hydrogen) atoms. The molecule has 1 aromatic carbocycles. The van der Waals surface area contributed by atoms with Gasteiger partial charge < -0.3 is 26.2 Å². The molecule has 8 heteroatoms. The van der Waals surface area contributed by atoms with Gasteiger partial charge in [0.15, 0.2) is 0 Å². The number of hydrogen-bond donors (Lipinski definition) is 5. The van der Waals surface area contributed by atoms with E-state index in [1.54, 1.807) is 6.07 Å². The summed E-state index contributed by atoms with van der Waals surface area (Å²) in [6.45, 7) is 1.41. The third-order valence-electron chi connectivity index (χ3n) is 2.72. The van der Waals surface area contributed by atoms with E-state index in [-0.39, 0.29) is 17.9 Å². The van der Waals surface area contributed by atoms with Gasteiger partial charge >= 0.3 is 17.8 Å². The largest absolute Gasteiger partial charge is 0.478 e. The van der Waals surface area contributed by atoms with E-state index < -0.39 is 17.8 Å². The van der Waals surface area contributed by atoms with Gasteiger partial charge in [-0.3, -0.25) is 9.59 Å². The Hall–Kier alpha value is -2.45. The Balaban J connectivity index is 2.42. The van der Waals surface area contributed by atoms with Crippen LogP contribution >= 0.6 is 0 Å². The normalized spacial score (nSPS) is 10.0. The van der Waals surface area contributed by atoms with Gasteiger partial charge in [-0.15, -0.1) is 0 Å². The quantitative estimate of drug-likeness (QED) is 0.323. The van der Waals surface area contributed by atoms with Gasteiger partial charge in [0.2, 0.25) is 0 Å². The van der Waals surface area contributed by atoms with Crippen LogP contribution in [0.1, 0.15) is 16.8 Å². The lowest BCUT2D eigenvalue weighted by atomic mass is 10.2. The van der Waals surface area contributed by atoms with Crippen molar-refractivity contribution >= 4 is 23.5 Å². The van der Waals surface area contributed by atoms with E-state index in [1.165, 1.54) is 18.2 Å². The second-order valence-corrected chi connectivity index (χ2v) is 4.39. The molecule has 1 rings (SSSR count). The lowest BCUT2D eigenvalue weighted by Crippen LogP contribution is -2.37. The van der Waals surface area contributed by atoms with E-state index >= 15 is 0 Å². The molecule has 8 nitrogen and oxygen atoms in total. The van der Waals surface area contributed by atoms with Crippen molar-refractivity contribution in [1.82, 2.24) is 10.6 Å². The van der Waals surface area contributed by atoms with Crippen molar-refractivity contribution in [3.8, 4) is 0 Å². The molecule has 5 N–H and O–H groups in total. The van der Waals surface area contributed by atoms with Crippen LogP contribution in [0.25, 0.3) is 0 Å². The van der Waals surface area contributed by atoms with Gasteiger partial charge in [-0.25, -0.2) is 4.79 Å². The second kappa shape index (κ2) is 9.48. The molecule has 2 amide bonds. The molecular weight excluding hydrogens is 290 g/mol. The average molecular weight is 309 g/mol. The summed E-state index contributed by atoms with van der Waals surface area (Å²) in [5.41, 5.74) is -0.0170. The van der Waals surface area contributed by atoms with Crippen LogP contribution in [-0.2, 0) is 9.59 Å². The fourth-order valence-electron chi connectivity index (χ4n) is 1.66. The van der Waals surface area contributed by atoms with Crippen molar-refractivity contribution in [3.05, 3.63) is 29.8 Å². The molecular formula is C14H19N3O5. The number of carboxylic acid groups (broad SMARTS) is 1. The van der Waals surface area contributed by atoms with Crippen LogP contribution in [0.3, 0.4) is 0 Å². The van der Waals surface area contributed by atoms with Crippen molar-refractivity contribution in [2.24, 2.45) is 0 Å². The van der Waals surface area contributed by atoms with Crippen LogP contribution in [0.2, 0.25) is 0 Å². The number of para-hydroxylation sites is 1. The first kappa shape index (κ1) is 17.6. The maximum Gasteiger partial charge on any atom is 0.337 e. The maximum absolute atomic E-state index is 11.7. The monoisotopic (exact) mass is 309 g/mol. The van der Waals surface area contributed by atoms with Crippen molar-refractivity contribution in [3.63, 3.8) is 0 Å². The molecule has 0 heterocycles. The van der Waals surface area contributed by atoms with Gasteiger partial charge in [-0.2, -0.15) is 0 Å². The molecule has 0 radical (unpaired) electrons. The number of carboxylic acids is 1. The first-order valence-corrected chi connectivity index (χ1v) is 6.79. The number of carbonyl (C=O) groups is 3. The van der Waals surface area contributed by atoms with Crippen LogP contribution < -0.4 is 16.0 Å². The van der Waals surface area contributed by atoms with Gasteiger partial charge in [-0.1, -0.05) is 12.1 Å². The lowest BCUT2D eigenvalue weighted by Gasteiger charge is -2.08. The maximum atomic E-state index is 11.7. The molecule has 0 fully saturated rings. The number of nitrogens with one attached hydrogen (secondary N) is 3. The molecule has 120 valence electrons. The highest BCUT2D eigenvalue weighted by molar-refractivity contribution is 6.39. The van der Waals surface area contributed by atoms with E-state index in [4.69, 9.17) is 10.2 Å². The third kappa shape index (κ3) is 5.90. The zero-order valence-electron chi connectivity index (χ0n) is 12.0. The Morgan fingerprint density at radius 3 is 2.41 bits per heavy atom. The summed E-state index contributed by atoms with van der Waals surface area (Å²) in [6.07, 6.45) is 0.602. The molecule has 0 atom stereocenters. The van der Waals surface area contributed by atoms with Crippen molar-refractivity contribution in [2.45, 2.75) is 6.42 Å². The minimum Gasteiger partial charge on any atom is -0.478 e. The molecule has 0 aromatic heterocycles. The first-order valence-electron chi connectivity index (χ1n) is 6.79. The molecule has 0 saturated heterocycles. The number of benzene rings is 1. The molecule has 0 unspecified atom stereocenters. The topological polar surface area (TPSA) is 128 Å². The fourth-order valence-corrected chi connectivity index (χ4v) is 1.66. The lowest BCUT2D eigenvalue weighted by molar-refractivity contribution is -0.136. The highest BCUT2D eigenvalue weighted by Crippen LogP contribution is 2.14. The SMILES string of the molecule is O=C(NCCCNCCO)C(=O)Nc1ccccc1C(=O)O. The highest BCUT2D eigenvalue weighted by atomic mass is 16.4. The highest BCUT2D eigenvalue weighted by Gasteiger charge is 2.16. The minimum absolute atomic E-state index is 0.0394. The van der Waals surface area contributed by atoms with E-state index in [0.717, 1.165) is 0 Å². The number of carbonyl (C=O) groups excluding carboxylic acids is 2. The molecule has 0 bridgehead atoms. The summed E-state index contributed by atoms with van der Waals surface area (Å²) in [6, 6.07) is 5.83. The number of aliphatic hydroxyl groups is 1. The molecule has 0 saturated carbocycles. The van der Waals surface area contributed by atoms with Crippen molar-refractivity contribution in [2.75, 3.05) is 31.6 Å². The predicted octanol–water partition coefficient (Wildman–Crippen LogP) is -0.588. The van der Waals surface area contributed by atoms with Gasteiger partial charge in [0.05, 0.1) is 17.9 Å². The number of amides is 2. The van der Waals surface area contributed by atoms with Gasteiger partial charge in [-0.05, 0) is 25.1 Å². The van der Waals surface area contributed by atoms with Gasteiger partial charge in [0.25, 0.3) is 0 Å². The number of rotatable bonds is 8. The number of aliphatic hydroxyl groups excluding tert-OH is 1. The van der Waals surface area contributed by atoms with Crippen LogP contribution in [0, 0.1) is 0 Å². The first-order chi connectivity index (χ1) is 10.6. The van der Waals surface area contributed by atoms with E-state index in [9.17, 15) is 14.4 Å². The van der Waals surface area contributed by atoms with Crippen LogP contribution in [-0.4, -0.2) is 54.2 Å². The van der Waals surface area contributed by atoms with Gasteiger partial charge in [0.1, 0.15) is 0 Å². The standard InChI is InChI=1S/C14H19N3O5/c18-9-8-15-6-3-7-16-12(19)13(20)17-11-5-2-1-4-10(11)14(21)22/h1-2,4-5,15,18H,3,6-9H2,(H,16,19)(H,17,20)(H,21,22). The second-order valence-electron chi connectivity index (χ2n) is 4.39. The number of aromatic carboxylic acids is 1. The Labute approximate surface area is 127 Å². The van der Waals surface area contributed by atoms with Crippen LogP contribution in [0.5, 0.6) is 0 Å². The molecule has 0 aliphatic carbocycles. The molecule has 1 aromatic rings. The summed E-state index contributed by atoms with van der Waals surface area (Å²) >= 11 is 0. The Morgan fingerprint density at radius 2 is 1.73 bits per heavy atom. The summed E-state index contributed by atoms with van der Waals surface area (Å²) in [7, 11) is 0. The summed E-state index contributed by atoms with van der Waals surface area (Å²) in [5, 5.41) is 25.2. The zero-order valence-corrected chi connectivity index (χ0v) is 12.0. The number of hydrogen-bond acceptors (Lipinski definition) is 5. The molecule has 0 aliphatic heterocycles. The van der Waals surface area contributed by atoms with E-state index in [1.807, 2.05) is 0 Å². The Kier molecular flexibility index (Phi) is 7.58. The smallest absolute Gasteiger partial charge is 0.337 e. The fraction of sp³-hybridized carbons (Fsp3) is 0.357. The van der Waals surface area contributed by atoms with Crippen molar-refractivity contribution < 1.29 is 24.6 Å². The predicted molar refractivity (Wildman–Crippen MR) is 79.6 cm³/mol. The molecule has 0 aliphatic rings. The van der Waals surface area contributed by atoms with Crippen LogP contribution in [0.4, 0.5) is 5.69 Å². The molecule has 0 spiro atoms. The van der Waals surface area contributed by atoms with Gasteiger partial charge in [0, 0.05) is 13.1 Å². The Bertz CT molecular complexity index is 533.